The van der Waals surface area contributed by atoms with Crippen LogP contribution in [0.15, 0.2) is 53.4 Å². The molecule has 0 aliphatic rings. The Morgan fingerprint density at radius 3 is 2.11 bits per heavy atom. The van der Waals surface area contributed by atoms with Crippen LogP contribution in [-0.2, 0) is 14.8 Å². The summed E-state index contributed by atoms with van der Waals surface area (Å²) < 4.78 is 32.5. The zero-order chi connectivity index (χ0) is 20.2. The van der Waals surface area contributed by atoms with Crippen LogP contribution in [0.3, 0.4) is 0 Å². The average Bonchev–Trinajstić information content (AvgIpc) is 2.56. The first-order valence-electron chi connectivity index (χ1n) is 8.38. The first-order chi connectivity index (χ1) is 12.5. The van der Waals surface area contributed by atoms with Gasteiger partial charge in [0, 0.05) is 16.8 Å². The van der Waals surface area contributed by atoms with E-state index in [1.165, 1.54) is 24.3 Å². The van der Waals surface area contributed by atoms with Gasteiger partial charge in [-0.25, -0.2) is 13.1 Å². The number of halogens is 1. The molecule has 2 aromatic rings. The maximum atomic E-state index is 12.5. The van der Waals surface area contributed by atoms with E-state index in [4.69, 9.17) is 16.3 Å². The van der Waals surface area contributed by atoms with Crippen molar-refractivity contribution in [3.8, 4) is 5.75 Å². The van der Waals surface area contributed by atoms with Gasteiger partial charge in [0.25, 0.3) is 5.91 Å². The number of rotatable bonds is 7. The molecule has 0 aliphatic heterocycles. The topological polar surface area (TPSA) is 84.5 Å². The van der Waals surface area contributed by atoms with E-state index in [0.29, 0.717) is 16.5 Å². The number of nitrogens with one attached hydrogen (secondary N) is 2. The molecule has 0 saturated heterocycles. The number of hydrogen-bond acceptors (Lipinski definition) is 4. The van der Waals surface area contributed by atoms with Crippen molar-refractivity contribution >= 4 is 33.2 Å². The molecule has 6 nitrogen and oxygen atoms in total. The summed E-state index contributed by atoms with van der Waals surface area (Å²) in [6.07, 6.45) is 0. The Balaban J connectivity index is 2.07. The van der Waals surface area contributed by atoms with Gasteiger partial charge in [-0.2, -0.15) is 0 Å². The lowest BCUT2D eigenvalue weighted by Crippen LogP contribution is -2.42. The summed E-state index contributed by atoms with van der Waals surface area (Å²) in [6, 6.07) is 12.4. The van der Waals surface area contributed by atoms with Crippen LogP contribution in [0.25, 0.3) is 0 Å². The largest absolute Gasteiger partial charge is 0.478 e. The minimum atomic E-state index is -3.58. The molecule has 27 heavy (non-hydrogen) atoms. The van der Waals surface area contributed by atoms with Crippen molar-refractivity contribution < 1.29 is 17.9 Å². The van der Waals surface area contributed by atoms with E-state index in [1.54, 1.807) is 52.0 Å². The Labute approximate surface area is 164 Å². The molecule has 0 radical (unpaired) electrons. The van der Waals surface area contributed by atoms with Crippen molar-refractivity contribution in [1.82, 2.24) is 4.72 Å². The first kappa shape index (κ1) is 21.2. The van der Waals surface area contributed by atoms with Crippen LogP contribution in [0.5, 0.6) is 5.75 Å². The Bertz CT molecular complexity index is 892. The number of benzene rings is 2. The molecule has 2 rings (SSSR count). The molecule has 0 heterocycles. The summed E-state index contributed by atoms with van der Waals surface area (Å²) in [5, 5.41) is 3.30. The van der Waals surface area contributed by atoms with E-state index in [-0.39, 0.29) is 16.8 Å². The van der Waals surface area contributed by atoms with Gasteiger partial charge in [-0.1, -0.05) is 11.6 Å². The van der Waals surface area contributed by atoms with Crippen LogP contribution >= 0.6 is 11.6 Å². The SMILES string of the molecule is CC(C)NS(=O)(=O)c1ccc(NC(=O)C(C)(C)Oc2ccc(Cl)cc2)cc1. The summed E-state index contributed by atoms with van der Waals surface area (Å²) in [6.45, 7) is 6.77. The van der Waals surface area contributed by atoms with Crippen LogP contribution in [0.2, 0.25) is 5.02 Å². The van der Waals surface area contributed by atoms with Gasteiger partial charge in [0.2, 0.25) is 10.0 Å². The van der Waals surface area contributed by atoms with E-state index < -0.39 is 15.6 Å². The van der Waals surface area contributed by atoms with Crippen LogP contribution in [0.4, 0.5) is 5.69 Å². The molecule has 8 heteroatoms. The zero-order valence-electron chi connectivity index (χ0n) is 15.6. The van der Waals surface area contributed by atoms with Gasteiger partial charge in [-0.3, -0.25) is 4.79 Å². The summed E-state index contributed by atoms with van der Waals surface area (Å²) in [7, 11) is -3.58. The Morgan fingerprint density at radius 1 is 1.04 bits per heavy atom. The first-order valence-corrected chi connectivity index (χ1v) is 10.2. The van der Waals surface area contributed by atoms with Crippen LogP contribution in [0, 0.1) is 0 Å². The predicted molar refractivity (Wildman–Crippen MR) is 107 cm³/mol. The zero-order valence-corrected chi connectivity index (χ0v) is 17.2. The second-order valence-corrected chi connectivity index (χ2v) is 8.97. The number of ether oxygens (including phenoxy) is 1. The fourth-order valence-corrected chi connectivity index (χ4v) is 3.60. The number of sulfonamides is 1. The molecule has 2 aromatic carbocycles. The summed E-state index contributed by atoms with van der Waals surface area (Å²) in [4.78, 5) is 12.7. The predicted octanol–water partition coefficient (Wildman–Crippen LogP) is 3.82. The molecular weight excluding hydrogens is 388 g/mol. The quantitative estimate of drug-likeness (QED) is 0.726. The molecule has 0 unspecified atom stereocenters. The van der Waals surface area contributed by atoms with Gasteiger partial charge in [0.15, 0.2) is 5.60 Å². The van der Waals surface area contributed by atoms with Crippen LogP contribution in [-0.4, -0.2) is 26.0 Å². The maximum absolute atomic E-state index is 12.5. The lowest BCUT2D eigenvalue weighted by Gasteiger charge is -2.25. The van der Waals surface area contributed by atoms with Crippen molar-refractivity contribution in [2.24, 2.45) is 0 Å². The highest BCUT2D eigenvalue weighted by molar-refractivity contribution is 7.89. The van der Waals surface area contributed by atoms with E-state index >= 15 is 0 Å². The lowest BCUT2D eigenvalue weighted by molar-refractivity contribution is -0.128. The summed E-state index contributed by atoms with van der Waals surface area (Å²) >= 11 is 5.84. The highest BCUT2D eigenvalue weighted by atomic mass is 35.5. The van der Waals surface area contributed by atoms with Crippen LogP contribution < -0.4 is 14.8 Å². The highest BCUT2D eigenvalue weighted by Crippen LogP contribution is 2.22. The Kier molecular flexibility index (Phi) is 6.51. The molecule has 0 spiro atoms. The van der Waals surface area contributed by atoms with Crippen LogP contribution in [0.1, 0.15) is 27.7 Å². The number of carbonyl (C=O) groups is 1. The molecule has 1 amide bonds. The van der Waals surface area contributed by atoms with E-state index in [0.717, 1.165) is 0 Å². The van der Waals surface area contributed by atoms with Crippen molar-refractivity contribution in [2.75, 3.05) is 5.32 Å². The highest BCUT2D eigenvalue weighted by Gasteiger charge is 2.30. The van der Waals surface area contributed by atoms with E-state index in [2.05, 4.69) is 10.0 Å². The molecule has 0 aliphatic carbocycles. The number of amides is 1. The molecule has 0 aromatic heterocycles. The van der Waals surface area contributed by atoms with Crippen molar-refractivity contribution in [1.29, 1.82) is 0 Å². The molecule has 2 N–H and O–H groups in total. The molecule has 146 valence electrons. The number of carbonyl (C=O) groups excluding carboxylic acids is 1. The number of anilines is 1. The fraction of sp³-hybridized carbons (Fsp3) is 0.316. The average molecular weight is 411 g/mol. The second-order valence-electron chi connectivity index (χ2n) is 6.82. The van der Waals surface area contributed by atoms with Gasteiger partial charge in [0.1, 0.15) is 5.75 Å². The van der Waals surface area contributed by atoms with Crippen molar-refractivity contribution in [3.63, 3.8) is 0 Å². The molecule has 0 saturated carbocycles. The maximum Gasteiger partial charge on any atom is 0.267 e. The van der Waals surface area contributed by atoms with E-state index in [1.807, 2.05) is 0 Å². The van der Waals surface area contributed by atoms with Crippen molar-refractivity contribution in [2.45, 2.75) is 44.2 Å². The standard InChI is InChI=1S/C19H23ClN2O4S/c1-13(2)22-27(24,25)17-11-7-15(8-12-17)21-18(23)19(3,4)26-16-9-5-14(20)6-10-16/h5-13,22H,1-4H3,(H,21,23). The molecule has 0 atom stereocenters. The second kappa shape index (κ2) is 8.29. The summed E-state index contributed by atoms with van der Waals surface area (Å²) in [5.41, 5.74) is -0.672. The van der Waals surface area contributed by atoms with Gasteiger partial charge in [-0.15, -0.1) is 0 Å². The fourth-order valence-electron chi connectivity index (χ4n) is 2.22. The van der Waals surface area contributed by atoms with Gasteiger partial charge < -0.3 is 10.1 Å². The molecule has 0 bridgehead atoms. The smallest absolute Gasteiger partial charge is 0.267 e. The Hall–Kier alpha value is -2.09. The van der Waals surface area contributed by atoms with Gasteiger partial charge >= 0.3 is 0 Å². The number of hydrogen-bond donors (Lipinski definition) is 2. The van der Waals surface area contributed by atoms with E-state index in [9.17, 15) is 13.2 Å². The molecule has 0 fully saturated rings. The van der Waals surface area contributed by atoms with Gasteiger partial charge in [0.05, 0.1) is 4.90 Å². The minimum Gasteiger partial charge on any atom is -0.478 e. The Morgan fingerprint density at radius 2 is 1.59 bits per heavy atom. The normalized spacial score (nSPS) is 12.1. The third kappa shape index (κ3) is 5.95. The minimum absolute atomic E-state index is 0.130. The summed E-state index contributed by atoms with van der Waals surface area (Å²) in [5.74, 6) is 0.147. The van der Waals surface area contributed by atoms with Crippen molar-refractivity contribution in [3.05, 3.63) is 53.6 Å². The lowest BCUT2D eigenvalue weighted by atomic mass is 10.1. The third-order valence-corrected chi connectivity index (χ3v) is 5.47. The third-order valence-electron chi connectivity index (χ3n) is 3.55. The van der Waals surface area contributed by atoms with Gasteiger partial charge in [-0.05, 0) is 76.2 Å². The monoisotopic (exact) mass is 410 g/mol. The molecular formula is C19H23ClN2O4S.